The average molecular weight is 355 g/mol. The zero-order valence-corrected chi connectivity index (χ0v) is 14.5. The molecular weight excluding hydrogens is 334 g/mol. The number of ether oxygens (including phenoxy) is 2. The first-order valence-corrected chi connectivity index (χ1v) is 8.62. The Hall–Kier alpha value is -2.87. The van der Waals surface area contributed by atoms with E-state index >= 15 is 0 Å². The van der Waals surface area contributed by atoms with Crippen molar-refractivity contribution in [2.75, 3.05) is 25.6 Å². The minimum atomic E-state index is -0.679. The number of aliphatic hydroxyl groups is 1. The van der Waals surface area contributed by atoms with Gasteiger partial charge in [0.05, 0.1) is 18.5 Å². The Kier molecular flexibility index (Phi) is 4.57. The highest BCUT2D eigenvalue weighted by Gasteiger charge is 2.26. The van der Waals surface area contributed by atoms with Gasteiger partial charge in [-0.3, -0.25) is 0 Å². The molecule has 0 radical (unpaired) electrons. The molecule has 2 N–H and O–H groups in total. The fraction of sp³-hybridized carbons (Fsp3) is 0.389. The van der Waals surface area contributed by atoms with Crippen molar-refractivity contribution in [3.05, 3.63) is 42.4 Å². The first-order chi connectivity index (χ1) is 12.7. The zero-order chi connectivity index (χ0) is 17.9. The maximum atomic E-state index is 10.2. The van der Waals surface area contributed by atoms with Gasteiger partial charge in [-0.2, -0.15) is 9.61 Å². The van der Waals surface area contributed by atoms with Crippen LogP contribution in [0.15, 0.2) is 36.7 Å². The summed E-state index contributed by atoms with van der Waals surface area (Å²) in [7, 11) is 1.60. The van der Waals surface area contributed by atoms with Crippen molar-refractivity contribution in [1.82, 2.24) is 19.8 Å². The Morgan fingerprint density at radius 1 is 1.31 bits per heavy atom. The fourth-order valence-electron chi connectivity index (χ4n) is 2.72. The van der Waals surface area contributed by atoms with E-state index in [4.69, 9.17) is 9.47 Å². The van der Waals surface area contributed by atoms with Crippen molar-refractivity contribution >= 4 is 11.3 Å². The van der Waals surface area contributed by atoms with Crippen LogP contribution in [0.5, 0.6) is 11.5 Å². The number of methoxy groups -OCH3 is 1. The molecule has 8 nitrogen and oxygen atoms in total. The van der Waals surface area contributed by atoms with Gasteiger partial charge in [-0.1, -0.05) is 6.07 Å². The molecule has 136 valence electrons. The normalized spacial score (nSPS) is 15.0. The standard InChI is InChI=1S/C18H21N5O3/c1-25-14-3-2-4-15(7-14)26-10-13(24)9-19-17-8-16(12-5-6-12)22-23-11-20-21-18(17)23/h2-4,7-8,11-13,19,24H,5-6,9-10H2,1H3. The lowest BCUT2D eigenvalue weighted by Gasteiger charge is -2.15. The van der Waals surface area contributed by atoms with Gasteiger partial charge in [-0.05, 0) is 31.0 Å². The van der Waals surface area contributed by atoms with Gasteiger partial charge in [0.25, 0.3) is 0 Å². The zero-order valence-electron chi connectivity index (χ0n) is 14.5. The quantitative estimate of drug-likeness (QED) is 0.637. The Balaban J connectivity index is 1.37. The highest BCUT2D eigenvalue weighted by atomic mass is 16.5. The number of rotatable bonds is 8. The third-order valence-electron chi connectivity index (χ3n) is 4.29. The lowest BCUT2D eigenvalue weighted by atomic mass is 10.2. The van der Waals surface area contributed by atoms with Gasteiger partial charge in [-0.25, -0.2) is 0 Å². The summed E-state index contributed by atoms with van der Waals surface area (Å²) in [4.78, 5) is 0. The Labute approximate surface area is 150 Å². The summed E-state index contributed by atoms with van der Waals surface area (Å²) in [5.41, 5.74) is 2.50. The van der Waals surface area contributed by atoms with Crippen molar-refractivity contribution in [3.63, 3.8) is 0 Å². The molecule has 1 aromatic carbocycles. The van der Waals surface area contributed by atoms with E-state index in [0.717, 1.165) is 24.2 Å². The van der Waals surface area contributed by atoms with E-state index in [1.54, 1.807) is 24.0 Å². The molecular formula is C18H21N5O3. The van der Waals surface area contributed by atoms with Crippen molar-refractivity contribution < 1.29 is 14.6 Å². The summed E-state index contributed by atoms with van der Waals surface area (Å²) < 4.78 is 12.5. The van der Waals surface area contributed by atoms with Crippen LogP contribution in [-0.4, -0.2) is 51.3 Å². The third kappa shape index (κ3) is 3.70. The number of nitrogens with zero attached hydrogens (tertiary/aromatic N) is 4. The second kappa shape index (κ2) is 7.17. The van der Waals surface area contributed by atoms with Crippen molar-refractivity contribution in [1.29, 1.82) is 0 Å². The molecule has 1 unspecified atom stereocenters. The predicted molar refractivity (Wildman–Crippen MR) is 95.7 cm³/mol. The summed E-state index contributed by atoms with van der Waals surface area (Å²) in [6.45, 7) is 0.504. The summed E-state index contributed by atoms with van der Waals surface area (Å²) >= 11 is 0. The van der Waals surface area contributed by atoms with E-state index in [1.807, 2.05) is 24.3 Å². The number of hydrogen-bond acceptors (Lipinski definition) is 7. The summed E-state index contributed by atoms with van der Waals surface area (Å²) in [5, 5.41) is 26.0. The molecule has 8 heteroatoms. The van der Waals surface area contributed by atoms with Crippen molar-refractivity contribution in [3.8, 4) is 11.5 Å². The van der Waals surface area contributed by atoms with Crippen LogP contribution in [0.2, 0.25) is 0 Å². The highest BCUT2D eigenvalue weighted by molar-refractivity contribution is 5.67. The van der Waals surface area contributed by atoms with E-state index in [2.05, 4.69) is 20.6 Å². The van der Waals surface area contributed by atoms with Crippen LogP contribution in [0.3, 0.4) is 0 Å². The molecule has 0 bridgehead atoms. The maximum Gasteiger partial charge on any atom is 0.200 e. The van der Waals surface area contributed by atoms with Crippen molar-refractivity contribution in [2.24, 2.45) is 0 Å². The Morgan fingerprint density at radius 3 is 2.96 bits per heavy atom. The molecule has 1 aliphatic carbocycles. The van der Waals surface area contributed by atoms with Crippen LogP contribution >= 0.6 is 0 Å². The first kappa shape index (κ1) is 16.6. The van der Waals surface area contributed by atoms with Gasteiger partial charge in [0, 0.05) is 18.5 Å². The molecule has 2 heterocycles. The monoisotopic (exact) mass is 355 g/mol. The first-order valence-electron chi connectivity index (χ1n) is 8.62. The lowest BCUT2D eigenvalue weighted by molar-refractivity contribution is 0.117. The average Bonchev–Trinajstić information content (AvgIpc) is 3.42. The summed E-state index contributed by atoms with van der Waals surface area (Å²) in [6.07, 6.45) is 3.24. The number of fused-ring (bicyclic) bond motifs is 1. The van der Waals surface area contributed by atoms with E-state index in [9.17, 15) is 5.11 Å². The Bertz CT molecular complexity index is 893. The van der Waals surface area contributed by atoms with Gasteiger partial charge >= 0.3 is 0 Å². The van der Waals surface area contributed by atoms with Gasteiger partial charge in [-0.15, -0.1) is 10.2 Å². The molecule has 1 fully saturated rings. The molecule has 0 amide bonds. The van der Waals surface area contributed by atoms with Crippen LogP contribution in [-0.2, 0) is 0 Å². The van der Waals surface area contributed by atoms with E-state index < -0.39 is 6.10 Å². The molecule has 26 heavy (non-hydrogen) atoms. The van der Waals surface area contributed by atoms with Crippen LogP contribution < -0.4 is 14.8 Å². The van der Waals surface area contributed by atoms with Crippen LogP contribution in [0, 0.1) is 0 Å². The molecule has 3 aromatic rings. The lowest BCUT2D eigenvalue weighted by Crippen LogP contribution is -2.26. The topological polar surface area (TPSA) is 93.8 Å². The van der Waals surface area contributed by atoms with Crippen LogP contribution in [0.25, 0.3) is 5.65 Å². The van der Waals surface area contributed by atoms with E-state index in [1.165, 1.54) is 0 Å². The molecule has 1 atom stereocenters. The number of hydrogen-bond donors (Lipinski definition) is 2. The molecule has 0 aliphatic heterocycles. The second-order valence-electron chi connectivity index (χ2n) is 6.38. The smallest absolute Gasteiger partial charge is 0.200 e. The van der Waals surface area contributed by atoms with E-state index in [0.29, 0.717) is 29.6 Å². The fourth-order valence-corrected chi connectivity index (χ4v) is 2.72. The number of aliphatic hydroxyl groups excluding tert-OH is 1. The van der Waals surface area contributed by atoms with Gasteiger partial charge in [0.1, 0.15) is 30.5 Å². The van der Waals surface area contributed by atoms with Crippen molar-refractivity contribution in [2.45, 2.75) is 24.9 Å². The predicted octanol–water partition coefficient (Wildman–Crippen LogP) is 1.86. The second-order valence-corrected chi connectivity index (χ2v) is 6.38. The highest BCUT2D eigenvalue weighted by Crippen LogP contribution is 2.39. The largest absolute Gasteiger partial charge is 0.497 e. The molecule has 2 aromatic heterocycles. The molecule has 1 saturated carbocycles. The van der Waals surface area contributed by atoms with Gasteiger partial charge < -0.3 is 19.9 Å². The minimum Gasteiger partial charge on any atom is -0.497 e. The molecule has 1 aliphatic rings. The number of nitrogens with one attached hydrogen (secondary N) is 1. The number of anilines is 1. The van der Waals surface area contributed by atoms with Gasteiger partial charge in [0.15, 0.2) is 0 Å². The maximum absolute atomic E-state index is 10.2. The summed E-state index contributed by atoms with van der Waals surface area (Å²) in [5.74, 6) is 1.89. The number of aromatic nitrogens is 4. The van der Waals surface area contributed by atoms with Crippen LogP contribution in [0.1, 0.15) is 24.5 Å². The Morgan fingerprint density at radius 2 is 2.15 bits per heavy atom. The third-order valence-corrected chi connectivity index (χ3v) is 4.29. The number of benzene rings is 1. The molecule has 0 saturated heterocycles. The molecule has 4 rings (SSSR count). The van der Waals surface area contributed by atoms with Gasteiger partial charge in [0.2, 0.25) is 5.65 Å². The van der Waals surface area contributed by atoms with E-state index in [-0.39, 0.29) is 6.61 Å². The molecule has 0 spiro atoms. The SMILES string of the molecule is COc1cccc(OCC(O)CNc2cc(C3CC3)nn3cnnc23)c1. The minimum absolute atomic E-state index is 0.170. The van der Waals surface area contributed by atoms with Crippen LogP contribution in [0.4, 0.5) is 5.69 Å². The summed E-state index contributed by atoms with van der Waals surface area (Å²) in [6, 6.07) is 9.29.